The first-order valence-electron chi connectivity index (χ1n) is 7.77. The summed E-state index contributed by atoms with van der Waals surface area (Å²) in [6.45, 7) is 5.52. The van der Waals surface area contributed by atoms with E-state index in [1.807, 2.05) is 19.5 Å². The number of morpholine rings is 1. The van der Waals surface area contributed by atoms with Crippen LogP contribution in [0.2, 0.25) is 0 Å². The Morgan fingerprint density at radius 2 is 2.36 bits per heavy atom. The van der Waals surface area contributed by atoms with E-state index in [4.69, 9.17) is 4.74 Å². The van der Waals surface area contributed by atoms with Crippen LogP contribution in [0, 0.1) is 0 Å². The molecule has 1 aromatic heterocycles. The number of amides is 1. The average molecular weight is 324 g/mol. The summed E-state index contributed by atoms with van der Waals surface area (Å²) in [5, 5.41) is 5.95. The smallest absolute Gasteiger partial charge is 0.271 e. The molecule has 0 spiro atoms. The van der Waals surface area contributed by atoms with Crippen LogP contribution >= 0.6 is 11.3 Å². The minimum absolute atomic E-state index is 0.0555. The lowest BCUT2D eigenvalue weighted by Gasteiger charge is -2.33. The van der Waals surface area contributed by atoms with Gasteiger partial charge in [0.25, 0.3) is 5.91 Å². The maximum Gasteiger partial charge on any atom is 0.271 e. The zero-order valence-corrected chi connectivity index (χ0v) is 14.2. The quantitative estimate of drug-likeness (QED) is 0.888. The fraction of sp³-hybridized carbons (Fsp3) is 0.733. The molecule has 0 aliphatic carbocycles. The Morgan fingerprint density at radius 1 is 1.55 bits per heavy atom. The highest BCUT2D eigenvalue weighted by Gasteiger charge is 2.36. The fourth-order valence-electron chi connectivity index (χ4n) is 3.16. The van der Waals surface area contributed by atoms with Crippen molar-refractivity contribution in [3.63, 3.8) is 0 Å². The van der Waals surface area contributed by atoms with Crippen molar-refractivity contribution in [3.05, 3.63) is 16.1 Å². The topological polar surface area (TPSA) is 57.7 Å². The Balaban J connectivity index is 1.55. The number of nitrogens with zero attached hydrogens (tertiary/aromatic N) is 3. The molecule has 0 radical (unpaired) electrons. The summed E-state index contributed by atoms with van der Waals surface area (Å²) < 4.78 is 5.70. The van der Waals surface area contributed by atoms with Crippen LogP contribution in [0.25, 0.3) is 0 Å². The molecule has 7 heteroatoms. The largest absolute Gasteiger partial charge is 0.376 e. The van der Waals surface area contributed by atoms with Crippen LogP contribution in [0.4, 0.5) is 0 Å². The molecule has 6 nitrogen and oxygen atoms in total. The molecule has 0 unspecified atom stereocenters. The van der Waals surface area contributed by atoms with Gasteiger partial charge in [-0.2, -0.15) is 0 Å². The lowest BCUT2D eigenvalue weighted by atomic mass is 10.1. The van der Waals surface area contributed by atoms with Crippen molar-refractivity contribution < 1.29 is 9.53 Å². The molecule has 0 saturated carbocycles. The molecule has 2 saturated heterocycles. The minimum atomic E-state index is -0.0555. The number of carbonyl (C=O) groups excluding carboxylic acids is 1. The van der Waals surface area contributed by atoms with Crippen molar-refractivity contribution in [1.29, 1.82) is 0 Å². The third kappa shape index (κ3) is 3.65. The van der Waals surface area contributed by atoms with Gasteiger partial charge in [0.15, 0.2) is 0 Å². The second-order valence-electron chi connectivity index (χ2n) is 6.52. The summed E-state index contributed by atoms with van der Waals surface area (Å²) in [6, 6.07) is 0.645. The normalized spacial score (nSPS) is 28.8. The lowest BCUT2D eigenvalue weighted by Crippen LogP contribution is -2.45. The minimum Gasteiger partial charge on any atom is -0.376 e. The zero-order valence-electron chi connectivity index (χ0n) is 13.4. The molecule has 1 amide bonds. The maximum absolute atomic E-state index is 12.3. The Morgan fingerprint density at radius 3 is 3.14 bits per heavy atom. The average Bonchev–Trinajstić information content (AvgIpc) is 3.03. The number of ether oxygens (including phenoxy) is 1. The van der Waals surface area contributed by atoms with E-state index >= 15 is 0 Å². The van der Waals surface area contributed by atoms with Crippen molar-refractivity contribution in [2.75, 3.05) is 33.8 Å². The van der Waals surface area contributed by atoms with E-state index in [1.54, 1.807) is 11.3 Å². The van der Waals surface area contributed by atoms with Crippen molar-refractivity contribution in [3.8, 4) is 0 Å². The van der Waals surface area contributed by atoms with Gasteiger partial charge < -0.3 is 15.0 Å². The van der Waals surface area contributed by atoms with E-state index in [0.29, 0.717) is 11.7 Å². The molecule has 1 aromatic rings. The van der Waals surface area contributed by atoms with E-state index in [1.165, 1.54) is 0 Å². The molecular formula is C15H24N4O2S. The third-order valence-electron chi connectivity index (χ3n) is 4.16. The first-order chi connectivity index (χ1) is 10.5. The first kappa shape index (κ1) is 15.9. The number of carbonyl (C=O) groups is 1. The van der Waals surface area contributed by atoms with Gasteiger partial charge in [0.05, 0.1) is 12.7 Å². The van der Waals surface area contributed by atoms with E-state index in [0.717, 1.165) is 37.7 Å². The van der Waals surface area contributed by atoms with Crippen molar-refractivity contribution >= 4 is 17.2 Å². The van der Waals surface area contributed by atoms with Gasteiger partial charge in [-0.3, -0.25) is 9.69 Å². The Bertz CT molecular complexity index is 533. The van der Waals surface area contributed by atoms with Gasteiger partial charge in [0.1, 0.15) is 10.7 Å². The molecule has 22 heavy (non-hydrogen) atoms. The van der Waals surface area contributed by atoms with Crippen molar-refractivity contribution in [2.24, 2.45) is 0 Å². The lowest BCUT2D eigenvalue weighted by molar-refractivity contribution is -0.0390. The molecule has 3 atom stereocenters. The number of nitrogens with one attached hydrogen (secondary N) is 1. The standard InChI is InChI=1S/C15H24N4O2S/c1-10-5-19-6-11(4-12(19)8-21-10)16-15(20)13-9-22-14(17-13)7-18(2)3/h9-12H,4-8H2,1-3H3,(H,16,20)/t10-,11-,12-/m0/s1. The van der Waals surface area contributed by atoms with Crippen LogP contribution in [0.1, 0.15) is 28.8 Å². The fourth-order valence-corrected chi connectivity index (χ4v) is 4.05. The maximum atomic E-state index is 12.3. The van der Waals surface area contributed by atoms with Gasteiger partial charge in [0.2, 0.25) is 0 Å². The molecule has 2 fully saturated rings. The molecule has 3 rings (SSSR count). The van der Waals surface area contributed by atoms with E-state index < -0.39 is 0 Å². The predicted octanol–water partition coefficient (Wildman–Crippen LogP) is 0.796. The number of hydrogen-bond acceptors (Lipinski definition) is 6. The summed E-state index contributed by atoms with van der Waals surface area (Å²) in [4.78, 5) is 21.2. The molecule has 1 N–H and O–H groups in total. The van der Waals surface area contributed by atoms with Gasteiger partial charge in [0, 0.05) is 37.1 Å². The van der Waals surface area contributed by atoms with Crippen LogP contribution < -0.4 is 5.32 Å². The van der Waals surface area contributed by atoms with Crippen LogP contribution in [-0.2, 0) is 11.3 Å². The Kier molecular flexibility index (Phi) is 4.77. The molecule has 0 bridgehead atoms. The van der Waals surface area contributed by atoms with Crippen molar-refractivity contribution in [2.45, 2.75) is 38.1 Å². The van der Waals surface area contributed by atoms with Gasteiger partial charge >= 0.3 is 0 Å². The summed E-state index contributed by atoms with van der Waals surface area (Å²) >= 11 is 1.54. The number of aromatic nitrogens is 1. The summed E-state index contributed by atoms with van der Waals surface area (Å²) in [7, 11) is 4.00. The van der Waals surface area contributed by atoms with Crippen LogP contribution in [0.3, 0.4) is 0 Å². The second kappa shape index (κ2) is 6.62. The molecule has 0 aromatic carbocycles. The monoisotopic (exact) mass is 324 g/mol. The van der Waals surface area contributed by atoms with Crippen LogP contribution in [0.15, 0.2) is 5.38 Å². The van der Waals surface area contributed by atoms with Crippen LogP contribution in [0.5, 0.6) is 0 Å². The van der Waals surface area contributed by atoms with E-state index in [-0.39, 0.29) is 18.1 Å². The Hall–Kier alpha value is -1.02. The summed E-state index contributed by atoms with van der Waals surface area (Å²) in [6.07, 6.45) is 1.26. The highest BCUT2D eigenvalue weighted by atomic mass is 32.1. The third-order valence-corrected chi connectivity index (χ3v) is 5.00. The summed E-state index contributed by atoms with van der Waals surface area (Å²) in [5.41, 5.74) is 0.538. The van der Waals surface area contributed by atoms with Gasteiger partial charge in [-0.25, -0.2) is 4.98 Å². The van der Waals surface area contributed by atoms with Gasteiger partial charge in [-0.1, -0.05) is 0 Å². The number of thiazole rings is 1. The SMILES string of the molecule is C[C@H]1CN2C[C@@H](NC(=O)c3csc(CN(C)C)n3)C[C@H]2CO1. The highest BCUT2D eigenvalue weighted by molar-refractivity contribution is 7.09. The first-order valence-corrected chi connectivity index (χ1v) is 8.65. The zero-order chi connectivity index (χ0) is 15.7. The molecule has 2 aliphatic rings. The van der Waals surface area contributed by atoms with Gasteiger partial charge in [-0.15, -0.1) is 11.3 Å². The number of fused-ring (bicyclic) bond motifs is 1. The Labute approximate surface area is 135 Å². The van der Waals surface area contributed by atoms with Crippen molar-refractivity contribution in [1.82, 2.24) is 20.1 Å². The molecule has 3 heterocycles. The van der Waals surface area contributed by atoms with E-state index in [2.05, 4.69) is 27.0 Å². The predicted molar refractivity (Wildman–Crippen MR) is 86.2 cm³/mol. The molecule has 122 valence electrons. The second-order valence-corrected chi connectivity index (χ2v) is 7.46. The number of rotatable bonds is 4. The molecule has 2 aliphatic heterocycles. The molecular weight excluding hydrogens is 300 g/mol. The highest BCUT2D eigenvalue weighted by Crippen LogP contribution is 2.23. The number of hydrogen-bond donors (Lipinski definition) is 1. The van der Waals surface area contributed by atoms with Gasteiger partial charge in [-0.05, 0) is 27.4 Å². The summed E-state index contributed by atoms with van der Waals surface area (Å²) in [5.74, 6) is -0.0555. The van der Waals surface area contributed by atoms with Crippen LogP contribution in [-0.4, -0.2) is 72.7 Å². The van der Waals surface area contributed by atoms with E-state index in [9.17, 15) is 4.79 Å².